The molecule has 4 heteroatoms. The smallest absolute Gasteiger partial charge is 0.256 e. The van der Waals surface area contributed by atoms with Gasteiger partial charge in [-0.15, -0.1) is 0 Å². The average molecular weight is 395 g/mol. The molecule has 2 rings (SSSR count). The Labute approximate surface area is 138 Å². The normalized spacial score (nSPS) is 10.2. The van der Waals surface area contributed by atoms with Crippen LogP contribution < -0.4 is 10.1 Å². The maximum atomic E-state index is 12.3. The van der Waals surface area contributed by atoms with Gasteiger partial charge in [0, 0.05) is 3.57 Å². The minimum atomic E-state index is -0.119. The van der Waals surface area contributed by atoms with E-state index < -0.39 is 0 Å². The predicted molar refractivity (Wildman–Crippen MR) is 94.0 cm³/mol. The number of amides is 1. The van der Waals surface area contributed by atoms with Crippen LogP contribution in [-0.4, -0.2) is 12.5 Å². The summed E-state index contributed by atoms with van der Waals surface area (Å²) in [7, 11) is 0. The van der Waals surface area contributed by atoms with Crippen LogP contribution >= 0.6 is 22.6 Å². The number of nitrogens with one attached hydrogen (secondary N) is 1. The molecule has 0 radical (unpaired) electrons. The summed E-state index contributed by atoms with van der Waals surface area (Å²) in [6.07, 6.45) is 2.08. The Bertz CT molecular complexity index is 613. The van der Waals surface area contributed by atoms with Gasteiger partial charge in [-0.3, -0.25) is 4.79 Å². The molecule has 0 unspecified atom stereocenters. The molecule has 2 aromatic rings. The Kier molecular flexibility index (Phi) is 6.04. The molecule has 3 nitrogen and oxygen atoms in total. The van der Waals surface area contributed by atoms with Crippen LogP contribution in [0.25, 0.3) is 0 Å². The summed E-state index contributed by atoms with van der Waals surface area (Å²) < 4.78 is 6.66. The highest BCUT2D eigenvalue weighted by Gasteiger charge is 2.11. The van der Waals surface area contributed by atoms with Crippen molar-refractivity contribution < 1.29 is 9.53 Å². The molecule has 0 aromatic heterocycles. The summed E-state index contributed by atoms with van der Waals surface area (Å²) in [6, 6.07) is 15.0. The van der Waals surface area contributed by atoms with Crippen molar-refractivity contribution in [3.05, 3.63) is 57.7 Å². The van der Waals surface area contributed by atoms with E-state index in [9.17, 15) is 4.79 Å². The summed E-state index contributed by atoms with van der Waals surface area (Å²) >= 11 is 2.16. The van der Waals surface area contributed by atoms with Crippen LogP contribution in [0.2, 0.25) is 0 Å². The molecule has 0 aliphatic rings. The minimum Gasteiger partial charge on any atom is -0.491 e. The van der Waals surface area contributed by atoms with E-state index in [2.05, 4.69) is 34.8 Å². The third-order valence-corrected chi connectivity index (χ3v) is 3.95. The maximum absolute atomic E-state index is 12.3. The zero-order chi connectivity index (χ0) is 15.1. The Morgan fingerprint density at radius 3 is 2.62 bits per heavy atom. The van der Waals surface area contributed by atoms with Crippen molar-refractivity contribution in [1.82, 2.24) is 0 Å². The minimum absolute atomic E-state index is 0.119. The fourth-order valence-electron chi connectivity index (χ4n) is 1.86. The summed E-state index contributed by atoms with van der Waals surface area (Å²) in [4.78, 5) is 12.3. The fraction of sp³-hybridized carbons (Fsp3) is 0.235. The first-order valence-electron chi connectivity index (χ1n) is 7.00. The molecule has 21 heavy (non-hydrogen) atoms. The Balaban J connectivity index is 2.12. The van der Waals surface area contributed by atoms with Crippen LogP contribution in [0.1, 0.15) is 30.1 Å². The van der Waals surface area contributed by atoms with E-state index in [1.807, 2.05) is 48.5 Å². The van der Waals surface area contributed by atoms with Crippen LogP contribution in [-0.2, 0) is 0 Å². The lowest BCUT2D eigenvalue weighted by Gasteiger charge is -2.12. The van der Waals surface area contributed by atoms with Crippen molar-refractivity contribution in [3.63, 3.8) is 0 Å². The van der Waals surface area contributed by atoms with Gasteiger partial charge in [-0.05, 0) is 53.3 Å². The van der Waals surface area contributed by atoms with E-state index in [0.717, 1.165) is 16.4 Å². The zero-order valence-corrected chi connectivity index (χ0v) is 14.1. The average Bonchev–Trinajstić information content (AvgIpc) is 2.49. The van der Waals surface area contributed by atoms with Crippen LogP contribution in [0.4, 0.5) is 5.69 Å². The quantitative estimate of drug-likeness (QED) is 0.568. The van der Waals surface area contributed by atoms with Crippen molar-refractivity contribution in [1.29, 1.82) is 0 Å². The molecule has 0 spiro atoms. The van der Waals surface area contributed by atoms with E-state index in [1.165, 1.54) is 0 Å². The second-order valence-electron chi connectivity index (χ2n) is 4.63. The Morgan fingerprint density at radius 2 is 1.86 bits per heavy atom. The highest BCUT2D eigenvalue weighted by atomic mass is 127. The van der Waals surface area contributed by atoms with Crippen molar-refractivity contribution in [2.24, 2.45) is 0 Å². The number of hydrogen-bond acceptors (Lipinski definition) is 2. The topological polar surface area (TPSA) is 38.3 Å². The Hall–Kier alpha value is -1.56. The second-order valence-corrected chi connectivity index (χ2v) is 5.79. The molecule has 0 saturated carbocycles. The molecule has 0 bridgehead atoms. The molecule has 0 atom stereocenters. The number of para-hydroxylation sites is 2. The van der Waals surface area contributed by atoms with Gasteiger partial charge in [0.1, 0.15) is 5.75 Å². The first-order chi connectivity index (χ1) is 10.2. The predicted octanol–water partition coefficient (Wildman–Crippen LogP) is 4.72. The van der Waals surface area contributed by atoms with Gasteiger partial charge < -0.3 is 10.1 Å². The molecule has 0 aliphatic carbocycles. The zero-order valence-electron chi connectivity index (χ0n) is 11.9. The highest BCUT2D eigenvalue weighted by Crippen LogP contribution is 2.25. The van der Waals surface area contributed by atoms with Gasteiger partial charge in [0.25, 0.3) is 5.91 Å². The molecule has 1 amide bonds. The summed E-state index contributed by atoms with van der Waals surface area (Å²) in [5.74, 6) is 0.594. The second kappa shape index (κ2) is 8.02. The molecule has 1 N–H and O–H groups in total. The maximum Gasteiger partial charge on any atom is 0.256 e. The van der Waals surface area contributed by atoms with Crippen molar-refractivity contribution >= 4 is 34.2 Å². The van der Waals surface area contributed by atoms with Gasteiger partial charge in [0.15, 0.2) is 0 Å². The third kappa shape index (κ3) is 4.46. The van der Waals surface area contributed by atoms with E-state index >= 15 is 0 Å². The van der Waals surface area contributed by atoms with Gasteiger partial charge in [-0.1, -0.05) is 37.6 Å². The van der Waals surface area contributed by atoms with Crippen LogP contribution in [0, 0.1) is 3.57 Å². The number of anilines is 1. The molecule has 0 aliphatic heterocycles. The number of rotatable bonds is 6. The van der Waals surface area contributed by atoms with Gasteiger partial charge in [-0.25, -0.2) is 0 Å². The van der Waals surface area contributed by atoms with Gasteiger partial charge in [0.2, 0.25) is 0 Å². The molecule has 0 fully saturated rings. The molecule has 2 aromatic carbocycles. The van der Waals surface area contributed by atoms with Crippen LogP contribution in [0.5, 0.6) is 5.75 Å². The first kappa shape index (κ1) is 15.8. The van der Waals surface area contributed by atoms with Crippen molar-refractivity contribution in [3.8, 4) is 5.75 Å². The van der Waals surface area contributed by atoms with Gasteiger partial charge in [0.05, 0.1) is 17.9 Å². The number of hydrogen-bond donors (Lipinski definition) is 1. The van der Waals surface area contributed by atoms with E-state index in [1.54, 1.807) is 0 Å². The lowest BCUT2D eigenvalue weighted by molar-refractivity contribution is 0.102. The van der Waals surface area contributed by atoms with E-state index in [4.69, 9.17) is 4.74 Å². The summed E-state index contributed by atoms with van der Waals surface area (Å²) in [6.45, 7) is 2.78. The fourth-order valence-corrected chi connectivity index (χ4v) is 2.49. The lowest BCUT2D eigenvalue weighted by Crippen LogP contribution is -2.14. The van der Waals surface area contributed by atoms with Crippen LogP contribution in [0.3, 0.4) is 0 Å². The van der Waals surface area contributed by atoms with Crippen molar-refractivity contribution in [2.75, 3.05) is 11.9 Å². The molecular weight excluding hydrogens is 377 g/mol. The Morgan fingerprint density at radius 1 is 1.14 bits per heavy atom. The monoisotopic (exact) mass is 395 g/mol. The number of halogens is 1. The van der Waals surface area contributed by atoms with E-state index in [0.29, 0.717) is 23.6 Å². The summed E-state index contributed by atoms with van der Waals surface area (Å²) in [5, 5.41) is 2.93. The molecule has 0 heterocycles. The number of carbonyl (C=O) groups excluding carboxylic acids is 1. The van der Waals surface area contributed by atoms with Gasteiger partial charge >= 0.3 is 0 Å². The van der Waals surface area contributed by atoms with Gasteiger partial charge in [-0.2, -0.15) is 0 Å². The SMILES string of the molecule is CCCCOc1ccccc1NC(=O)c1ccccc1I. The number of benzene rings is 2. The largest absolute Gasteiger partial charge is 0.491 e. The lowest BCUT2D eigenvalue weighted by atomic mass is 10.2. The number of unbranched alkanes of at least 4 members (excludes halogenated alkanes) is 1. The summed E-state index contributed by atoms with van der Waals surface area (Å²) in [5.41, 5.74) is 1.37. The van der Waals surface area contributed by atoms with Crippen molar-refractivity contribution in [2.45, 2.75) is 19.8 Å². The number of carbonyl (C=O) groups is 1. The highest BCUT2D eigenvalue weighted by molar-refractivity contribution is 14.1. The molecule has 110 valence electrons. The molecular formula is C17H18INO2. The molecule has 0 saturated heterocycles. The van der Waals surface area contributed by atoms with Crippen LogP contribution in [0.15, 0.2) is 48.5 Å². The number of ether oxygens (including phenoxy) is 1. The standard InChI is InChI=1S/C17H18INO2/c1-2-3-12-21-16-11-7-6-10-15(16)19-17(20)13-8-4-5-9-14(13)18/h4-11H,2-3,12H2,1H3,(H,19,20). The third-order valence-electron chi connectivity index (χ3n) is 3.01. The van der Waals surface area contributed by atoms with E-state index in [-0.39, 0.29) is 5.91 Å². The first-order valence-corrected chi connectivity index (χ1v) is 8.08.